The Hall–Kier alpha value is -1.94. The standard InChI is InChI=1S/C16H20BrFN4O3S/c1-16(2,3)13(18)10(8-25-14(19)23)6-22-15(24)21(9-20-22)7-11-4-5-12(17)26-11/h4-5,9H,6-8H2,1-3H3,(H2,19,23)/b13-10+. The SMILES string of the molecule is CC(C)(C)/C(F)=C(\COC(N)=O)Cn1ncn(Cc2ccc(Br)s2)c1=O. The molecule has 0 bridgehead atoms. The van der Waals surface area contributed by atoms with Gasteiger partial charge in [-0.15, -0.1) is 11.3 Å². The molecule has 0 saturated heterocycles. The highest BCUT2D eigenvalue weighted by Gasteiger charge is 2.23. The molecule has 0 spiro atoms. The Labute approximate surface area is 162 Å². The molecule has 2 aromatic rings. The summed E-state index contributed by atoms with van der Waals surface area (Å²) in [5, 5.41) is 4.04. The summed E-state index contributed by atoms with van der Waals surface area (Å²) in [7, 11) is 0. The summed E-state index contributed by atoms with van der Waals surface area (Å²) >= 11 is 4.89. The summed E-state index contributed by atoms with van der Waals surface area (Å²) < 4.78 is 22.9. The number of amides is 1. The van der Waals surface area contributed by atoms with Crippen molar-refractivity contribution in [3.63, 3.8) is 0 Å². The third-order valence-electron chi connectivity index (χ3n) is 3.45. The zero-order valence-corrected chi connectivity index (χ0v) is 17.1. The van der Waals surface area contributed by atoms with Gasteiger partial charge in [0.1, 0.15) is 18.8 Å². The highest BCUT2D eigenvalue weighted by atomic mass is 79.9. The van der Waals surface area contributed by atoms with E-state index < -0.39 is 17.3 Å². The topological polar surface area (TPSA) is 92.1 Å². The fourth-order valence-electron chi connectivity index (χ4n) is 2.24. The van der Waals surface area contributed by atoms with Crippen molar-refractivity contribution in [1.82, 2.24) is 14.3 Å². The molecular weight excluding hydrogens is 427 g/mol. The minimum atomic E-state index is -1.01. The largest absolute Gasteiger partial charge is 0.445 e. The lowest BCUT2D eigenvalue weighted by Gasteiger charge is -2.20. The van der Waals surface area contributed by atoms with Crippen molar-refractivity contribution in [2.24, 2.45) is 11.1 Å². The van der Waals surface area contributed by atoms with Gasteiger partial charge in [-0.05, 0) is 28.1 Å². The lowest BCUT2D eigenvalue weighted by atomic mass is 9.92. The fraction of sp³-hybridized carbons (Fsp3) is 0.438. The first-order valence-electron chi connectivity index (χ1n) is 7.74. The predicted molar refractivity (Wildman–Crippen MR) is 101 cm³/mol. The number of halogens is 2. The monoisotopic (exact) mass is 446 g/mol. The van der Waals surface area contributed by atoms with E-state index in [4.69, 9.17) is 10.5 Å². The molecular formula is C16H20BrFN4O3S. The lowest BCUT2D eigenvalue weighted by Crippen LogP contribution is -2.28. The highest BCUT2D eigenvalue weighted by Crippen LogP contribution is 2.29. The van der Waals surface area contributed by atoms with Gasteiger partial charge in [-0.2, -0.15) is 5.10 Å². The molecule has 2 aromatic heterocycles. The smallest absolute Gasteiger partial charge is 0.404 e. The number of primary amides is 1. The van der Waals surface area contributed by atoms with E-state index in [1.165, 1.54) is 22.2 Å². The van der Waals surface area contributed by atoms with Gasteiger partial charge < -0.3 is 10.5 Å². The van der Waals surface area contributed by atoms with Gasteiger partial charge in [0, 0.05) is 15.9 Å². The van der Waals surface area contributed by atoms with Crippen LogP contribution in [0.5, 0.6) is 0 Å². The molecule has 2 rings (SSSR count). The van der Waals surface area contributed by atoms with Gasteiger partial charge in [0.2, 0.25) is 0 Å². The van der Waals surface area contributed by atoms with Crippen LogP contribution in [0.25, 0.3) is 0 Å². The summed E-state index contributed by atoms with van der Waals surface area (Å²) in [6.07, 6.45) is 0.391. The Morgan fingerprint density at radius 2 is 2.12 bits per heavy atom. The molecule has 0 unspecified atom stereocenters. The zero-order valence-electron chi connectivity index (χ0n) is 14.7. The van der Waals surface area contributed by atoms with Gasteiger partial charge >= 0.3 is 11.8 Å². The van der Waals surface area contributed by atoms with Gasteiger partial charge in [0.15, 0.2) is 0 Å². The Kier molecular flexibility index (Phi) is 6.40. The summed E-state index contributed by atoms with van der Waals surface area (Å²) in [6.45, 7) is 4.95. The van der Waals surface area contributed by atoms with Crippen LogP contribution in [0.3, 0.4) is 0 Å². The molecule has 0 fully saturated rings. The quantitative estimate of drug-likeness (QED) is 0.736. The van der Waals surface area contributed by atoms with Crippen LogP contribution in [-0.4, -0.2) is 27.0 Å². The van der Waals surface area contributed by atoms with Gasteiger partial charge in [-0.1, -0.05) is 20.8 Å². The molecule has 142 valence electrons. The van der Waals surface area contributed by atoms with Crippen LogP contribution in [0.1, 0.15) is 25.6 Å². The van der Waals surface area contributed by atoms with Crippen LogP contribution in [-0.2, 0) is 17.8 Å². The first-order valence-corrected chi connectivity index (χ1v) is 9.35. The van der Waals surface area contributed by atoms with Crippen molar-refractivity contribution < 1.29 is 13.9 Å². The van der Waals surface area contributed by atoms with Crippen LogP contribution in [0.4, 0.5) is 9.18 Å². The molecule has 26 heavy (non-hydrogen) atoms. The molecule has 2 heterocycles. The van der Waals surface area contributed by atoms with Crippen LogP contribution < -0.4 is 11.4 Å². The van der Waals surface area contributed by atoms with Crippen molar-refractivity contribution in [2.75, 3.05) is 6.61 Å². The molecule has 2 N–H and O–H groups in total. The molecule has 0 radical (unpaired) electrons. The number of carbonyl (C=O) groups excluding carboxylic acids is 1. The first kappa shape index (κ1) is 20.4. The minimum absolute atomic E-state index is 0.129. The van der Waals surface area contributed by atoms with Gasteiger partial charge in [-0.25, -0.2) is 18.7 Å². The van der Waals surface area contributed by atoms with Crippen molar-refractivity contribution in [3.05, 3.63) is 49.0 Å². The second-order valence-corrected chi connectivity index (χ2v) is 9.23. The average molecular weight is 447 g/mol. The van der Waals surface area contributed by atoms with Crippen molar-refractivity contribution in [2.45, 2.75) is 33.9 Å². The van der Waals surface area contributed by atoms with Crippen molar-refractivity contribution in [3.8, 4) is 0 Å². The average Bonchev–Trinajstić information content (AvgIpc) is 3.09. The normalized spacial score (nSPS) is 12.8. The van der Waals surface area contributed by atoms with Gasteiger partial charge in [-0.3, -0.25) is 4.57 Å². The Balaban J connectivity index is 2.25. The molecule has 7 nitrogen and oxygen atoms in total. The number of aromatic nitrogens is 3. The van der Waals surface area contributed by atoms with E-state index in [-0.39, 0.29) is 24.4 Å². The second kappa shape index (κ2) is 8.17. The second-order valence-electron chi connectivity index (χ2n) is 6.68. The summed E-state index contributed by atoms with van der Waals surface area (Å²) in [6, 6.07) is 3.81. The molecule has 1 amide bonds. The lowest BCUT2D eigenvalue weighted by molar-refractivity contribution is 0.163. The third-order valence-corrected chi connectivity index (χ3v) is 5.06. The van der Waals surface area contributed by atoms with E-state index in [0.29, 0.717) is 6.54 Å². The number of carbonyl (C=O) groups is 1. The number of ether oxygens (including phenoxy) is 1. The number of hydrogen-bond acceptors (Lipinski definition) is 5. The number of allylic oxidation sites excluding steroid dienone is 1. The number of hydrogen-bond donors (Lipinski definition) is 1. The number of thiophene rings is 1. The summed E-state index contributed by atoms with van der Waals surface area (Å²) in [5.41, 5.74) is 3.93. The summed E-state index contributed by atoms with van der Waals surface area (Å²) in [4.78, 5) is 24.4. The molecule has 0 aromatic carbocycles. The fourth-order valence-corrected chi connectivity index (χ4v) is 3.72. The molecule has 0 aliphatic rings. The zero-order chi connectivity index (χ0) is 19.5. The Morgan fingerprint density at radius 1 is 1.42 bits per heavy atom. The van der Waals surface area contributed by atoms with Crippen molar-refractivity contribution in [1.29, 1.82) is 0 Å². The van der Waals surface area contributed by atoms with E-state index in [2.05, 4.69) is 21.0 Å². The minimum Gasteiger partial charge on any atom is -0.445 e. The van der Waals surface area contributed by atoms with Gasteiger partial charge in [0.25, 0.3) is 0 Å². The van der Waals surface area contributed by atoms with E-state index in [0.717, 1.165) is 13.3 Å². The maximum absolute atomic E-state index is 14.7. The Morgan fingerprint density at radius 3 is 2.65 bits per heavy atom. The number of nitrogens with two attached hydrogens (primary N) is 1. The van der Waals surface area contributed by atoms with Crippen LogP contribution in [0.15, 0.2) is 38.4 Å². The van der Waals surface area contributed by atoms with E-state index in [1.807, 2.05) is 12.1 Å². The highest BCUT2D eigenvalue weighted by molar-refractivity contribution is 9.11. The molecule has 0 atom stereocenters. The maximum Gasteiger partial charge on any atom is 0.404 e. The summed E-state index contributed by atoms with van der Waals surface area (Å²) in [5.74, 6) is -0.470. The number of nitrogens with zero attached hydrogens (tertiary/aromatic N) is 3. The predicted octanol–water partition coefficient (Wildman–Crippen LogP) is 3.28. The molecule has 10 heteroatoms. The van der Waals surface area contributed by atoms with E-state index in [9.17, 15) is 14.0 Å². The Bertz CT molecular complexity index is 879. The maximum atomic E-state index is 14.7. The third kappa shape index (κ3) is 5.28. The molecule has 0 aliphatic carbocycles. The van der Waals surface area contributed by atoms with Crippen LogP contribution >= 0.6 is 27.3 Å². The first-order chi connectivity index (χ1) is 12.1. The van der Waals surface area contributed by atoms with Crippen molar-refractivity contribution >= 4 is 33.4 Å². The van der Waals surface area contributed by atoms with Crippen LogP contribution in [0.2, 0.25) is 0 Å². The van der Waals surface area contributed by atoms with E-state index in [1.54, 1.807) is 20.8 Å². The number of rotatable bonds is 6. The van der Waals surface area contributed by atoms with E-state index >= 15 is 0 Å². The molecule has 0 saturated carbocycles. The van der Waals surface area contributed by atoms with Crippen LogP contribution in [0, 0.1) is 5.41 Å². The van der Waals surface area contributed by atoms with Gasteiger partial charge in [0.05, 0.1) is 16.9 Å². The molecule has 0 aliphatic heterocycles.